The summed E-state index contributed by atoms with van der Waals surface area (Å²) >= 11 is 0. The van der Waals surface area contributed by atoms with Crippen molar-refractivity contribution < 1.29 is 4.79 Å². The van der Waals surface area contributed by atoms with Crippen molar-refractivity contribution in [3.8, 4) is 0 Å². The molecule has 3 heteroatoms. The van der Waals surface area contributed by atoms with Crippen molar-refractivity contribution >= 4 is 11.6 Å². The summed E-state index contributed by atoms with van der Waals surface area (Å²) < 4.78 is 0. The summed E-state index contributed by atoms with van der Waals surface area (Å²) in [6.07, 6.45) is 0. The van der Waals surface area contributed by atoms with Crippen molar-refractivity contribution in [2.75, 3.05) is 32.1 Å². The SMILES string of the molecule is CN(CCN(C)c1ccccc1)C(=O)c1ccccc1. The van der Waals surface area contributed by atoms with Crippen LogP contribution < -0.4 is 4.90 Å². The number of likely N-dealkylation sites (N-methyl/N-ethyl adjacent to an activating group) is 2. The first-order valence-corrected chi connectivity index (χ1v) is 6.75. The van der Waals surface area contributed by atoms with Crippen LogP contribution in [0.25, 0.3) is 0 Å². The minimum absolute atomic E-state index is 0.0621. The number of benzene rings is 2. The summed E-state index contributed by atoms with van der Waals surface area (Å²) in [5, 5.41) is 0. The van der Waals surface area contributed by atoms with Gasteiger partial charge in [-0.1, -0.05) is 36.4 Å². The minimum Gasteiger partial charge on any atom is -0.373 e. The van der Waals surface area contributed by atoms with Crippen molar-refractivity contribution in [2.24, 2.45) is 0 Å². The molecule has 0 saturated heterocycles. The first-order valence-electron chi connectivity index (χ1n) is 6.75. The smallest absolute Gasteiger partial charge is 0.253 e. The Morgan fingerprint density at radius 3 is 2.00 bits per heavy atom. The molecule has 0 bridgehead atoms. The molecule has 0 unspecified atom stereocenters. The van der Waals surface area contributed by atoms with Gasteiger partial charge in [-0.3, -0.25) is 4.79 Å². The van der Waals surface area contributed by atoms with Gasteiger partial charge in [0.25, 0.3) is 5.91 Å². The number of nitrogens with zero attached hydrogens (tertiary/aromatic N) is 2. The van der Waals surface area contributed by atoms with E-state index in [0.717, 1.165) is 17.8 Å². The van der Waals surface area contributed by atoms with E-state index in [0.29, 0.717) is 6.54 Å². The Balaban J connectivity index is 1.89. The second-order valence-electron chi connectivity index (χ2n) is 4.85. The zero-order valence-electron chi connectivity index (χ0n) is 12.0. The highest BCUT2D eigenvalue weighted by molar-refractivity contribution is 5.94. The molecule has 104 valence electrons. The molecule has 2 aromatic rings. The first-order chi connectivity index (χ1) is 9.68. The van der Waals surface area contributed by atoms with Crippen LogP contribution in [-0.4, -0.2) is 38.0 Å². The fraction of sp³-hybridized carbons (Fsp3) is 0.235. The van der Waals surface area contributed by atoms with E-state index in [1.165, 1.54) is 0 Å². The lowest BCUT2D eigenvalue weighted by Crippen LogP contribution is -2.34. The van der Waals surface area contributed by atoms with Crippen LogP contribution in [0.15, 0.2) is 60.7 Å². The van der Waals surface area contributed by atoms with Crippen LogP contribution in [0.1, 0.15) is 10.4 Å². The third kappa shape index (κ3) is 3.60. The quantitative estimate of drug-likeness (QED) is 0.832. The maximum atomic E-state index is 12.2. The summed E-state index contributed by atoms with van der Waals surface area (Å²) in [6, 6.07) is 19.6. The molecule has 20 heavy (non-hydrogen) atoms. The average Bonchev–Trinajstić information content (AvgIpc) is 2.53. The Bertz CT molecular complexity index is 539. The monoisotopic (exact) mass is 268 g/mol. The number of hydrogen-bond donors (Lipinski definition) is 0. The van der Waals surface area contributed by atoms with E-state index < -0.39 is 0 Å². The van der Waals surface area contributed by atoms with Crippen LogP contribution in [0, 0.1) is 0 Å². The fourth-order valence-electron chi connectivity index (χ4n) is 2.01. The second kappa shape index (κ2) is 6.75. The van der Waals surface area contributed by atoms with Gasteiger partial charge in [-0.15, -0.1) is 0 Å². The molecule has 0 aromatic heterocycles. The van der Waals surface area contributed by atoms with Crippen molar-refractivity contribution in [3.05, 3.63) is 66.2 Å². The highest BCUT2D eigenvalue weighted by atomic mass is 16.2. The summed E-state index contributed by atoms with van der Waals surface area (Å²) in [6.45, 7) is 1.50. The molecule has 0 fully saturated rings. The van der Waals surface area contributed by atoms with Crippen LogP contribution in [0.5, 0.6) is 0 Å². The molecule has 0 saturated carbocycles. The van der Waals surface area contributed by atoms with Gasteiger partial charge in [-0.25, -0.2) is 0 Å². The number of anilines is 1. The molecule has 0 heterocycles. The Morgan fingerprint density at radius 1 is 0.850 bits per heavy atom. The molecule has 0 radical (unpaired) electrons. The van der Waals surface area contributed by atoms with Crippen molar-refractivity contribution in [1.82, 2.24) is 4.90 Å². The van der Waals surface area contributed by atoms with Gasteiger partial charge in [-0.2, -0.15) is 0 Å². The van der Waals surface area contributed by atoms with E-state index in [2.05, 4.69) is 17.0 Å². The van der Waals surface area contributed by atoms with E-state index in [9.17, 15) is 4.79 Å². The molecule has 0 aliphatic heterocycles. The number of rotatable bonds is 5. The van der Waals surface area contributed by atoms with Gasteiger partial charge in [0, 0.05) is 38.4 Å². The van der Waals surface area contributed by atoms with Gasteiger partial charge in [0.2, 0.25) is 0 Å². The molecule has 0 N–H and O–H groups in total. The van der Waals surface area contributed by atoms with Crippen molar-refractivity contribution in [2.45, 2.75) is 0 Å². The average molecular weight is 268 g/mol. The molecule has 2 aromatic carbocycles. The normalized spacial score (nSPS) is 10.1. The first kappa shape index (κ1) is 14.1. The highest BCUT2D eigenvalue weighted by Gasteiger charge is 2.11. The minimum atomic E-state index is 0.0621. The van der Waals surface area contributed by atoms with E-state index in [-0.39, 0.29) is 5.91 Å². The molecule has 0 aliphatic rings. The molecule has 2 rings (SSSR count). The maximum Gasteiger partial charge on any atom is 0.253 e. The largest absolute Gasteiger partial charge is 0.373 e. The van der Waals surface area contributed by atoms with Crippen molar-refractivity contribution in [1.29, 1.82) is 0 Å². The standard InChI is InChI=1S/C17H20N2O/c1-18(16-11-7-4-8-12-16)13-14-19(2)17(20)15-9-5-3-6-10-15/h3-12H,13-14H2,1-2H3. The molecule has 1 amide bonds. The topological polar surface area (TPSA) is 23.6 Å². The second-order valence-corrected chi connectivity index (χ2v) is 4.85. The molecular formula is C17H20N2O. The fourth-order valence-corrected chi connectivity index (χ4v) is 2.01. The van der Waals surface area contributed by atoms with E-state index in [1.54, 1.807) is 4.90 Å². The van der Waals surface area contributed by atoms with Crippen LogP contribution >= 0.6 is 0 Å². The van der Waals surface area contributed by atoms with Crippen LogP contribution in [0.3, 0.4) is 0 Å². The molecule has 3 nitrogen and oxygen atoms in total. The number of carbonyl (C=O) groups excluding carboxylic acids is 1. The van der Waals surface area contributed by atoms with Gasteiger partial charge in [0.05, 0.1) is 0 Å². The van der Waals surface area contributed by atoms with Gasteiger partial charge < -0.3 is 9.80 Å². The lowest BCUT2D eigenvalue weighted by Gasteiger charge is -2.23. The predicted octanol–water partition coefficient (Wildman–Crippen LogP) is 2.90. The Labute approximate surface area is 120 Å². The van der Waals surface area contributed by atoms with Crippen molar-refractivity contribution in [3.63, 3.8) is 0 Å². The summed E-state index contributed by atoms with van der Waals surface area (Å²) in [5.74, 6) is 0.0621. The van der Waals surface area contributed by atoms with Crippen LogP contribution in [0.2, 0.25) is 0 Å². The molecule has 0 spiro atoms. The Hall–Kier alpha value is -2.29. The maximum absolute atomic E-state index is 12.2. The van der Waals surface area contributed by atoms with Gasteiger partial charge >= 0.3 is 0 Å². The van der Waals surface area contributed by atoms with Crippen LogP contribution in [-0.2, 0) is 0 Å². The summed E-state index contributed by atoms with van der Waals surface area (Å²) in [5.41, 5.74) is 1.89. The molecule has 0 aliphatic carbocycles. The molecular weight excluding hydrogens is 248 g/mol. The van der Waals surface area contributed by atoms with Crippen LogP contribution in [0.4, 0.5) is 5.69 Å². The predicted molar refractivity (Wildman–Crippen MR) is 83.1 cm³/mol. The lowest BCUT2D eigenvalue weighted by atomic mass is 10.2. The van der Waals surface area contributed by atoms with Gasteiger partial charge in [-0.05, 0) is 24.3 Å². The number of amides is 1. The zero-order chi connectivity index (χ0) is 14.4. The number of hydrogen-bond acceptors (Lipinski definition) is 2. The Kier molecular flexibility index (Phi) is 4.77. The zero-order valence-corrected chi connectivity index (χ0v) is 12.0. The third-order valence-electron chi connectivity index (χ3n) is 3.34. The summed E-state index contributed by atoms with van der Waals surface area (Å²) in [7, 11) is 3.88. The number of para-hydroxylation sites is 1. The lowest BCUT2D eigenvalue weighted by molar-refractivity contribution is 0.0799. The third-order valence-corrected chi connectivity index (χ3v) is 3.34. The number of carbonyl (C=O) groups is 1. The molecule has 0 atom stereocenters. The van der Waals surface area contributed by atoms with Gasteiger partial charge in [0.15, 0.2) is 0 Å². The Morgan fingerprint density at radius 2 is 1.40 bits per heavy atom. The summed E-state index contributed by atoms with van der Waals surface area (Å²) in [4.78, 5) is 16.1. The van der Waals surface area contributed by atoms with E-state index >= 15 is 0 Å². The van der Waals surface area contributed by atoms with E-state index in [1.807, 2.05) is 62.6 Å². The van der Waals surface area contributed by atoms with E-state index in [4.69, 9.17) is 0 Å². The van der Waals surface area contributed by atoms with Gasteiger partial charge in [0.1, 0.15) is 0 Å². The highest BCUT2D eigenvalue weighted by Crippen LogP contribution is 2.10.